The predicted octanol–water partition coefficient (Wildman–Crippen LogP) is 2.33. The van der Waals surface area contributed by atoms with Crippen LogP contribution < -0.4 is 10.2 Å². The molecule has 3 rings (SSSR count). The Balaban J connectivity index is 1.65. The highest BCUT2D eigenvalue weighted by Gasteiger charge is 2.36. The number of benzene rings is 1. The highest BCUT2D eigenvalue weighted by molar-refractivity contribution is 9.10. The molecule has 2 aliphatic rings. The van der Waals surface area contributed by atoms with Crippen LogP contribution in [0.4, 0.5) is 5.69 Å². The topological polar surface area (TPSA) is 49.4 Å². The second kappa shape index (κ2) is 5.56. The van der Waals surface area contributed by atoms with Gasteiger partial charge < -0.3 is 10.2 Å². The third kappa shape index (κ3) is 2.87. The summed E-state index contributed by atoms with van der Waals surface area (Å²) < 4.78 is 0.882. The molecule has 0 unspecified atom stereocenters. The van der Waals surface area contributed by atoms with Crippen LogP contribution in [0.2, 0.25) is 0 Å². The molecule has 0 aromatic heterocycles. The number of hydrogen-bond acceptors (Lipinski definition) is 2. The molecule has 1 atom stereocenters. The standard InChI is InChI=1S/C15H17BrN2O2/c16-12-3-1-2-4-13(12)18-9-11(7-14(18)19)15(20)17-8-10-5-6-10/h1-4,10-11H,5-9H2,(H,17,20)/t11-/m0/s1. The van der Waals surface area contributed by atoms with Gasteiger partial charge in [-0.2, -0.15) is 0 Å². The quantitative estimate of drug-likeness (QED) is 0.917. The van der Waals surface area contributed by atoms with Crippen LogP contribution in [-0.4, -0.2) is 24.9 Å². The Kier molecular flexibility index (Phi) is 3.78. The molecule has 4 nitrogen and oxygen atoms in total. The third-order valence-corrected chi connectivity index (χ3v) is 4.57. The van der Waals surface area contributed by atoms with Gasteiger partial charge in [0.15, 0.2) is 0 Å². The lowest BCUT2D eigenvalue weighted by molar-refractivity contribution is -0.126. The van der Waals surface area contributed by atoms with E-state index in [0.717, 1.165) is 16.7 Å². The lowest BCUT2D eigenvalue weighted by Gasteiger charge is -2.18. The van der Waals surface area contributed by atoms with Crippen LogP contribution in [0, 0.1) is 11.8 Å². The van der Waals surface area contributed by atoms with E-state index in [1.165, 1.54) is 12.8 Å². The maximum atomic E-state index is 12.1. The van der Waals surface area contributed by atoms with Crippen molar-refractivity contribution in [2.24, 2.45) is 11.8 Å². The van der Waals surface area contributed by atoms with Crippen LogP contribution in [0.1, 0.15) is 19.3 Å². The van der Waals surface area contributed by atoms with E-state index >= 15 is 0 Å². The fourth-order valence-electron chi connectivity index (χ4n) is 2.50. The molecule has 20 heavy (non-hydrogen) atoms. The summed E-state index contributed by atoms with van der Waals surface area (Å²) in [6.07, 6.45) is 2.73. The molecule has 106 valence electrons. The van der Waals surface area contributed by atoms with Crippen LogP contribution in [0.3, 0.4) is 0 Å². The van der Waals surface area contributed by atoms with Crippen molar-refractivity contribution in [3.8, 4) is 0 Å². The molecular weight excluding hydrogens is 320 g/mol. The summed E-state index contributed by atoms with van der Waals surface area (Å²) in [7, 11) is 0. The van der Waals surface area contributed by atoms with Gasteiger partial charge in [-0.15, -0.1) is 0 Å². The molecule has 1 N–H and O–H groups in total. The molecular formula is C15H17BrN2O2. The third-order valence-electron chi connectivity index (χ3n) is 3.90. The normalized spacial score (nSPS) is 22.1. The first kappa shape index (κ1) is 13.6. The number of nitrogens with zero attached hydrogens (tertiary/aromatic N) is 1. The molecule has 2 fully saturated rings. The molecule has 0 bridgehead atoms. The lowest BCUT2D eigenvalue weighted by atomic mass is 10.1. The average Bonchev–Trinajstić information content (AvgIpc) is 3.19. The summed E-state index contributed by atoms with van der Waals surface area (Å²) in [6, 6.07) is 7.61. The summed E-state index contributed by atoms with van der Waals surface area (Å²) in [5, 5.41) is 2.96. The minimum Gasteiger partial charge on any atom is -0.356 e. The van der Waals surface area contributed by atoms with Gasteiger partial charge >= 0.3 is 0 Å². The minimum atomic E-state index is -0.228. The second-order valence-electron chi connectivity index (χ2n) is 5.55. The van der Waals surface area contributed by atoms with Crippen molar-refractivity contribution in [3.05, 3.63) is 28.7 Å². The van der Waals surface area contributed by atoms with Crippen LogP contribution >= 0.6 is 15.9 Å². The van der Waals surface area contributed by atoms with Gasteiger partial charge in [-0.3, -0.25) is 9.59 Å². The van der Waals surface area contributed by atoms with Crippen LogP contribution in [-0.2, 0) is 9.59 Å². The monoisotopic (exact) mass is 336 g/mol. The molecule has 5 heteroatoms. The van der Waals surface area contributed by atoms with Gasteiger partial charge in [0, 0.05) is 24.0 Å². The van der Waals surface area contributed by atoms with E-state index < -0.39 is 0 Å². The van der Waals surface area contributed by atoms with E-state index in [-0.39, 0.29) is 17.7 Å². The molecule has 1 aromatic rings. The smallest absolute Gasteiger partial charge is 0.227 e. The molecule has 1 saturated carbocycles. The Hall–Kier alpha value is -1.36. The molecule has 1 saturated heterocycles. The zero-order chi connectivity index (χ0) is 14.1. The number of carbonyl (C=O) groups excluding carboxylic acids is 2. The number of hydrogen-bond donors (Lipinski definition) is 1. The maximum Gasteiger partial charge on any atom is 0.227 e. The van der Waals surface area contributed by atoms with Gasteiger partial charge in [0.05, 0.1) is 11.6 Å². The van der Waals surface area contributed by atoms with Crippen molar-refractivity contribution in [3.63, 3.8) is 0 Å². The molecule has 1 aromatic carbocycles. The molecule has 2 amide bonds. The number of para-hydroxylation sites is 1. The summed E-state index contributed by atoms with van der Waals surface area (Å²) in [4.78, 5) is 25.9. The Labute approximate surface area is 126 Å². The van der Waals surface area contributed by atoms with Crippen molar-refractivity contribution in [1.82, 2.24) is 5.32 Å². The highest BCUT2D eigenvalue weighted by Crippen LogP contribution is 2.31. The number of anilines is 1. The zero-order valence-electron chi connectivity index (χ0n) is 11.1. The zero-order valence-corrected chi connectivity index (χ0v) is 12.7. The van der Waals surface area contributed by atoms with E-state index in [2.05, 4.69) is 21.2 Å². The maximum absolute atomic E-state index is 12.1. The molecule has 1 heterocycles. The lowest BCUT2D eigenvalue weighted by Crippen LogP contribution is -2.34. The van der Waals surface area contributed by atoms with E-state index in [0.29, 0.717) is 18.9 Å². The van der Waals surface area contributed by atoms with Crippen molar-refractivity contribution in [1.29, 1.82) is 0 Å². The highest BCUT2D eigenvalue weighted by atomic mass is 79.9. The molecule has 1 aliphatic heterocycles. The minimum absolute atomic E-state index is 0.0137. The molecule has 0 radical (unpaired) electrons. The number of nitrogens with one attached hydrogen (secondary N) is 1. The van der Waals surface area contributed by atoms with Gasteiger partial charge in [-0.1, -0.05) is 12.1 Å². The first-order chi connectivity index (χ1) is 9.65. The first-order valence-corrected chi connectivity index (χ1v) is 7.77. The molecule has 1 aliphatic carbocycles. The summed E-state index contributed by atoms with van der Waals surface area (Å²) in [6.45, 7) is 1.23. The van der Waals surface area contributed by atoms with Crippen LogP contribution in [0.25, 0.3) is 0 Å². The number of rotatable bonds is 4. The van der Waals surface area contributed by atoms with Crippen molar-refractivity contribution >= 4 is 33.4 Å². The van der Waals surface area contributed by atoms with E-state index in [1.807, 2.05) is 24.3 Å². The van der Waals surface area contributed by atoms with Crippen molar-refractivity contribution in [2.75, 3.05) is 18.0 Å². The van der Waals surface area contributed by atoms with E-state index in [1.54, 1.807) is 4.90 Å². The first-order valence-electron chi connectivity index (χ1n) is 6.98. The fraction of sp³-hybridized carbons (Fsp3) is 0.467. The Morgan fingerprint density at radius 2 is 2.10 bits per heavy atom. The Bertz CT molecular complexity index is 542. The Morgan fingerprint density at radius 3 is 2.80 bits per heavy atom. The fourth-order valence-corrected chi connectivity index (χ4v) is 3.00. The van der Waals surface area contributed by atoms with Gasteiger partial charge in [0.25, 0.3) is 0 Å². The van der Waals surface area contributed by atoms with Gasteiger partial charge in [-0.05, 0) is 46.8 Å². The summed E-state index contributed by atoms with van der Waals surface area (Å²) >= 11 is 3.45. The van der Waals surface area contributed by atoms with Gasteiger partial charge in [-0.25, -0.2) is 0 Å². The molecule has 0 spiro atoms. The van der Waals surface area contributed by atoms with Crippen molar-refractivity contribution in [2.45, 2.75) is 19.3 Å². The van der Waals surface area contributed by atoms with Gasteiger partial charge in [0.1, 0.15) is 0 Å². The van der Waals surface area contributed by atoms with Crippen LogP contribution in [0.5, 0.6) is 0 Å². The summed E-state index contributed by atoms with van der Waals surface area (Å²) in [5.74, 6) is 0.465. The second-order valence-corrected chi connectivity index (χ2v) is 6.40. The van der Waals surface area contributed by atoms with E-state index in [9.17, 15) is 9.59 Å². The predicted molar refractivity (Wildman–Crippen MR) is 80.3 cm³/mol. The summed E-state index contributed by atoms with van der Waals surface area (Å²) in [5.41, 5.74) is 0.843. The number of amides is 2. The van der Waals surface area contributed by atoms with Gasteiger partial charge in [0.2, 0.25) is 11.8 Å². The van der Waals surface area contributed by atoms with Crippen LogP contribution in [0.15, 0.2) is 28.7 Å². The number of carbonyl (C=O) groups is 2. The largest absolute Gasteiger partial charge is 0.356 e. The van der Waals surface area contributed by atoms with E-state index in [4.69, 9.17) is 0 Å². The Morgan fingerprint density at radius 1 is 1.35 bits per heavy atom. The van der Waals surface area contributed by atoms with Crippen molar-refractivity contribution < 1.29 is 9.59 Å². The number of halogens is 1. The SMILES string of the molecule is O=C(NCC1CC1)[C@H]1CC(=O)N(c2ccccc2Br)C1. The average molecular weight is 337 g/mol.